The van der Waals surface area contributed by atoms with Crippen LogP contribution in [0.5, 0.6) is 0 Å². The van der Waals surface area contributed by atoms with Crippen molar-refractivity contribution in [2.24, 2.45) is 0 Å². The molecule has 4 amide bonds. The molecule has 0 atom stereocenters. The van der Waals surface area contributed by atoms with Crippen LogP contribution in [0.1, 0.15) is 62.1 Å². The normalized spacial score (nSPS) is 12.0. The van der Waals surface area contributed by atoms with Crippen molar-refractivity contribution < 1.29 is 103 Å². The molecule has 14 heteroatoms. The van der Waals surface area contributed by atoms with Crippen LogP contribution in [0.2, 0.25) is 0 Å². The number of amides is 4. The average Bonchev–Trinajstić information content (AvgIpc) is 3.46. The molecular weight excluding hydrogens is 610 g/mol. The van der Waals surface area contributed by atoms with Gasteiger partial charge in [-0.3, -0.25) is 29.8 Å². The number of carboxylic acid groups (broad SMARTS) is 2. The molecule has 2 N–H and O–H groups in total. The first-order valence-corrected chi connectivity index (χ1v) is 13.2. The van der Waals surface area contributed by atoms with Gasteiger partial charge in [0.2, 0.25) is 0 Å². The Labute approximate surface area is 297 Å². The molecule has 4 aromatic carbocycles. The Hall–Kier alpha value is -3.59. The van der Waals surface area contributed by atoms with E-state index < -0.39 is 46.7 Å². The summed E-state index contributed by atoms with van der Waals surface area (Å²) in [6.45, 7) is 0. The molecule has 0 saturated heterocycles. The Morgan fingerprint density at radius 1 is 0.500 bits per heavy atom. The van der Waals surface area contributed by atoms with Crippen LogP contribution >= 0.6 is 0 Å². The third-order valence-corrected chi connectivity index (χ3v) is 7.26. The van der Waals surface area contributed by atoms with Gasteiger partial charge >= 0.3 is 59.1 Å². The molecule has 0 bridgehead atoms. The fraction of sp³-hybridized carbons (Fsp3) is 0. The molecule has 0 aliphatic carbocycles. The van der Waals surface area contributed by atoms with Gasteiger partial charge in [0.1, 0.15) is 0 Å². The van der Waals surface area contributed by atoms with Gasteiger partial charge < -0.3 is 24.4 Å². The SMILES string of the molecule is O=C([O-])c1ccc2c(c1)C(=O)NC2=O.O=C([O-])c1ccc2c(c1)C(=O)NC2=O.[Na+].[Na+].[O-][S+](c1ccccc1)c1ccccc1. The minimum absolute atomic E-state index is 0. The molecule has 2 heterocycles. The van der Waals surface area contributed by atoms with Crippen LogP contribution in [0.3, 0.4) is 0 Å². The van der Waals surface area contributed by atoms with E-state index in [-0.39, 0.29) is 92.5 Å². The molecule has 44 heavy (non-hydrogen) atoms. The standard InChI is InChI=1S/C12H10OS.2C9H5NO4.2Na/c13-14(11-7-3-1-4-8-11)12-9-5-2-6-10-12;2*11-7-5-2-1-4(9(13)14)3-6(5)8(12)10-7;;/h1-10H;2*1-3H,(H,13,14)(H,10,11,12);;/q;;;2*+1/p-2. The second-order valence-electron chi connectivity index (χ2n) is 8.56. The number of hydrogen-bond donors (Lipinski definition) is 2. The molecular formula is C30H18N2Na2O9S. The minimum atomic E-state index is -1.38. The molecule has 2 aliphatic heterocycles. The van der Waals surface area contributed by atoms with Crippen LogP contribution in [0, 0.1) is 0 Å². The summed E-state index contributed by atoms with van der Waals surface area (Å²) in [6.07, 6.45) is 0. The predicted octanol–water partition coefficient (Wildman–Crippen LogP) is -5.27. The van der Waals surface area contributed by atoms with Crippen molar-refractivity contribution in [1.82, 2.24) is 10.6 Å². The van der Waals surface area contributed by atoms with Gasteiger partial charge in [-0.2, -0.15) is 0 Å². The van der Waals surface area contributed by atoms with Gasteiger partial charge in [-0.1, -0.05) is 48.5 Å². The maximum absolute atomic E-state index is 12.0. The zero-order valence-corrected chi connectivity index (χ0v) is 28.1. The van der Waals surface area contributed by atoms with Crippen molar-refractivity contribution in [1.29, 1.82) is 0 Å². The Morgan fingerprint density at radius 2 is 0.818 bits per heavy atom. The molecule has 0 unspecified atom stereocenters. The fourth-order valence-electron chi connectivity index (χ4n) is 3.81. The third-order valence-electron chi connectivity index (χ3n) is 5.86. The van der Waals surface area contributed by atoms with Crippen molar-refractivity contribution in [2.75, 3.05) is 0 Å². The Balaban J connectivity index is 0.000000225. The molecule has 2 aliphatic rings. The van der Waals surface area contributed by atoms with Crippen molar-refractivity contribution in [3.05, 3.63) is 130 Å². The molecule has 0 fully saturated rings. The number of aromatic carboxylic acids is 2. The van der Waals surface area contributed by atoms with E-state index >= 15 is 0 Å². The molecule has 11 nitrogen and oxygen atoms in total. The number of fused-ring (bicyclic) bond motifs is 2. The molecule has 0 radical (unpaired) electrons. The van der Waals surface area contributed by atoms with Crippen LogP contribution in [-0.4, -0.2) is 40.1 Å². The summed E-state index contributed by atoms with van der Waals surface area (Å²) in [5.41, 5.74) is 0.315. The van der Waals surface area contributed by atoms with Crippen LogP contribution in [0.4, 0.5) is 0 Å². The van der Waals surface area contributed by atoms with E-state index in [1.54, 1.807) is 0 Å². The number of rotatable bonds is 4. The van der Waals surface area contributed by atoms with E-state index in [1.807, 2.05) is 60.7 Å². The maximum Gasteiger partial charge on any atom is 1.00 e. The van der Waals surface area contributed by atoms with Crippen LogP contribution in [-0.2, 0) is 11.2 Å². The Kier molecular flexibility index (Phi) is 13.7. The predicted molar refractivity (Wildman–Crippen MR) is 143 cm³/mol. The van der Waals surface area contributed by atoms with Gasteiger partial charge in [0.25, 0.3) is 23.6 Å². The molecule has 6 rings (SSSR count). The summed E-state index contributed by atoms with van der Waals surface area (Å²) in [4.78, 5) is 66.9. The Morgan fingerprint density at radius 3 is 1.14 bits per heavy atom. The van der Waals surface area contributed by atoms with Crippen molar-refractivity contribution in [2.45, 2.75) is 9.79 Å². The number of imide groups is 2. The maximum atomic E-state index is 12.0. The summed E-state index contributed by atoms with van der Waals surface area (Å²) in [5, 5.41) is 25.0. The topological polar surface area (TPSA) is 196 Å². The summed E-state index contributed by atoms with van der Waals surface area (Å²) in [5.74, 6) is -4.91. The minimum Gasteiger partial charge on any atom is -0.606 e. The number of hydrogen-bond acceptors (Lipinski definition) is 9. The summed E-state index contributed by atoms with van der Waals surface area (Å²) < 4.78 is 12.0. The zero-order valence-electron chi connectivity index (χ0n) is 23.3. The number of carboxylic acids is 2. The first kappa shape index (κ1) is 36.6. The van der Waals surface area contributed by atoms with Crippen LogP contribution in [0.15, 0.2) is 107 Å². The second kappa shape index (κ2) is 16.5. The summed E-state index contributed by atoms with van der Waals surface area (Å²) >= 11 is -1.05. The van der Waals surface area contributed by atoms with Gasteiger partial charge in [0.15, 0.2) is 9.79 Å². The van der Waals surface area contributed by atoms with E-state index in [2.05, 4.69) is 10.6 Å². The monoisotopic (exact) mass is 628 g/mol. The average molecular weight is 629 g/mol. The smallest absolute Gasteiger partial charge is 0.606 e. The van der Waals surface area contributed by atoms with Gasteiger partial charge in [-0.15, -0.1) is 0 Å². The van der Waals surface area contributed by atoms with E-state index in [0.717, 1.165) is 21.9 Å². The van der Waals surface area contributed by atoms with E-state index in [0.29, 0.717) is 0 Å². The largest absolute Gasteiger partial charge is 1.00 e. The molecule has 4 aromatic rings. The van der Waals surface area contributed by atoms with E-state index in [1.165, 1.54) is 24.3 Å². The van der Waals surface area contributed by atoms with Crippen LogP contribution < -0.4 is 80.0 Å². The summed E-state index contributed by atoms with van der Waals surface area (Å²) in [7, 11) is 0. The van der Waals surface area contributed by atoms with Gasteiger partial charge in [0, 0.05) is 11.2 Å². The van der Waals surface area contributed by atoms with Crippen molar-refractivity contribution >= 4 is 46.7 Å². The molecule has 0 saturated carbocycles. The first-order chi connectivity index (χ1) is 20.1. The quantitative estimate of drug-likeness (QED) is 0.126. The van der Waals surface area contributed by atoms with E-state index in [9.17, 15) is 43.5 Å². The number of carbonyl (C=O) groups is 6. The fourth-order valence-corrected chi connectivity index (χ4v) is 4.89. The van der Waals surface area contributed by atoms with Crippen molar-refractivity contribution in [3.8, 4) is 0 Å². The Bertz CT molecular complexity index is 1610. The van der Waals surface area contributed by atoms with Gasteiger partial charge in [0.05, 0.1) is 34.2 Å². The first-order valence-electron chi connectivity index (χ1n) is 12.0. The molecule has 0 spiro atoms. The number of carbonyl (C=O) groups excluding carboxylic acids is 6. The van der Waals surface area contributed by atoms with Gasteiger partial charge in [-0.25, -0.2) is 0 Å². The zero-order chi connectivity index (χ0) is 30.4. The van der Waals surface area contributed by atoms with Crippen LogP contribution in [0.25, 0.3) is 0 Å². The number of nitrogens with one attached hydrogen (secondary N) is 2. The van der Waals surface area contributed by atoms with Crippen molar-refractivity contribution in [3.63, 3.8) is 0 Å². The molecule has 0 aromatic heterocycles. The summed E-state index contributed by atoms with van der Waals surface area (Å²) in [6, 6.07) is 26.3. The van der Waals surface area contributed by atoms with Gasteiger partial charge in [-0.05, 0) is 59.7 Å². The molecule has 210 valence electrons. The third kappa shape index (κ3) is 8.74. The number of benzene rings is 4. The van der Waals surface area contributed by atoms with E-state index in [4.69, 9.17) is 0 Å². The second-order valence-corrected chi connectivity index (χ2v) is 10.0.